The van der Waals surface area contributed by atoms with Crippen LogP contribution in [0.15, 0.2) is 30.3 Å². The van der Waals surface area contributed by atoms with E-state index in [4.69, 9.17) is 0 Å². The number of rotatable bonds is 1. The molecule has 0 fully saturated rings. The van der Waals surface area contributed by atoms with Crippen molar-refractivity contribution in [3.05, 3.63) is 48.5 Å². The maximum absolute atomic E-state index is 4.51. The highest BCUT2D eigenvalue weighted by Gasteiger charge is 1.99. The molecule has 1 radical (unpaired) electrons. The minimum Gasteiger partial charge on any atom is -0.253 e. The maximum atomic E-state index is 4.51. The summed E-state index contributed by atoms with van der Waals surface area (Å²) in [6.45, 7) is 5.92. The molecule has 2 rings (SSSR count). The average Bonchev–Trinajstić information content (AvgIpc) is 2.17. The second kappa shape index (κ2) is 3.17. The first-order valence-corrected chi connectivity index (χ1v) is 4.46. The number of aryl methyl sites for hydroxylation is 1. The number of para-hydroxylation sites is 1. The van der Waals surface area contributed by atoms with Crippen molar-refractivity contribution in [2.75, 3.05) is 0 Å². The summed E-state index contributed by atoms with van der Waals surface area (Å²) < 4.78 is 0. The van der Waals surface area contributed by atoms with Crippen molar-refractivity contribution >= 4 is 10.9 Å². The van der Waals surface area contributed by atoms with Crippen molar-refractivity contribution in [2.45, 2.75) is 13.3 Å². The van der Waals surface area contributed by atoms with Crippen molar-refractivity contribution in [1.29, 1.82) is 0 Å². The Hall–Kier alpha value is -1.37. The number of aromatic nitrogens is 1. The summed E-state index contributed by atoms with van der Waals surface area (Å²) in [5.41, 5.74) is 3.39. The van der Waals surface area contributed by atoms with Gasteiger partial charge in [-0.15, -0.1) is 0 Å². The van der Waals surface area contributed by atoms with Crippen LogP contribution in [0.1, 0.15) is 11.3 Å². The predicted octanol–water partition coefficient (Wildman–Crippen LogP) is 2.92. The van der Waals surface area contributed by atoms with Crippen LogP contribution < -0.4 is 0 Å². The molecule has 1 nitrogen and oxygen atoms in total. The van der Waals surface area contributed by atoms with E-state index in [2.05, 4.69) is 24.0 Å². The molecule has 0 spiro atoms. The molecule has 1 aromatic heterocycles. The van der Waals surface area contributed by atoms with Gasteiger partial charge in [0, 0.05) is 11.1 Å². The Morgan fingerprint density at radius 2 is 2.08 bits per heavy atom. The molecule has 13 heavy (non-hydrogen) atoms. The summed E-state index contributed by atoms with van der Waals surface area (Å²) >= 11 is 0. The highest BCUT2D eigenvalue weighted by molar-refractivity contribution is 5.79. The zero-order valence-corrected chi connectivity index (χ0v) is 7.75. The number of benzene rings is 1. The van der Waals surface area contributed by atoms with Crippen molar-refractivity contribution in [2.24, 2.45) is 0 Å². The van der Waals surface area contributed by atoms with E-state index in [0.717, 1.165) is 17.6 Å². The lowest BCUT2D eigenvalue weighted by Gasteiger charge is -2.04. The Morgan fingerprint density at radius 3 is 2.85 bits per heavy atom. The van der Waals surface area contributed by atoms with Gasteiger partial charge in [-0.3, -0.25) is 4.98 Å². The molecule has 0 bridgehead atoms. The van der Waals surface area contributed by atoms with Crippen LogP contribution >= 0.6 is 0 Å². The number of hydrogen-bond acceptors (Lipinski definition) is 1. The van der Waals surface area contributed by atoms with E-state index in [1.807, 2.05) is 25.1 Å². The van der Waals surface area contributed by atoms with Gasteiger partial charge in [-0.05, 0) is 38.0 Å². The third-order valence-electron chi connectivity index (χ3n) is 2.29. The van der Waals surface area contributed by atoms with Crippen LogP contribution in [-0.4, -0.2) is 4.98 Å². The van der Waals surface area contributed by atoms with Gasteiger partial charge >= 0.3 is 0 Å². The molecular weight excluding hydrogens is 158 g/mol. The van der Waals surface area contributed by atoms with E-state index < -0.39 is 0 Å². The summed E-state index contributed by atoms with van der Waals surface area (Å²) in [5, 5.41) is 1.20. The molecule has 0 unspecified atom stereocenters. The van der Waals surface area contributed by atoms with Crippen molar-refractivity contribution in [3.63, 3.8) is 0 Å². The number of nitrogens with zero attached hydrogens (tertiary/aromatic N) is 1. The van der Waals surface area contributed by atoms with Gasteiger partial charge in [0.1, 0.15) is 0 Å². The molecule has 65 valence electrons. The first-order chi connectivity index (χ1) is 6.31. The summed E-state index contributed by atoms with van der Waals surface area (Å²) in [7, 11) is 0. The topological polar surface area (TPSA) is 12.9 Å². The third-order valence-corrected chi connectivity index (χ3v) is 2.29. The molecule has 0 atom stereocenters. The van der Waals surface area contributed by atoms with E-state index in [1.165, 1.54) is 10.9 Å². The lowest BCUT2D eigenvalue weighted by molar-refractivity contribution is 1.13. The van der Waals surface area contributed by atoms with E-state index in [-0.39, 0.29) is 0 Å². The van der Waals surface area contributed by atoms with Gasteiger partial charge in [-0.2, -0.15) is 0 Å². The van der Waals surface area contributed by atoms with Crippen LogP contribution in [0.3, 0.4) is 0 Å². The summed E-state index contributed by atoms with van der Waals surface area (Å²) in [4.78, 5) is 4.51. The predicted molar refractivity (Wildman–Crippen MR) is 55.5 cm³/mol. The summed E-state index contributed by atoms with van der Waals surface area (Å²) in [5.74, 6) is 0. The number of pyridine rings is 1. The maximum Gasteiger partial charge on any atom is 0.0705 e. The van der Waals surface area contributed by atoms with Gasteiger partial charge in [0.05, 0.1) is 5.52 Å². The van der Waals surface area contributed by atoms with Crippen LogP contribution in [0.25, 0.3) is 10.9 Å². The molecule has 0 amide bonds. The van der Waals surface area contributed by atoms with Crippen molar-refractivity contribution in [3.8, 4) is 0 Å². The molecular formula is C12H12N. The monoisotopic (exact) mass is 170 g/mol. The fourth-order valence-electron chi connectivity index (χ4n) is 1.51. The quantitative estimate of drug-likeness (QED) is 0.641. The third kappa shape index (κ3) is 1.42. The molecule has 1 heterocycles. The average molecular weight is 170 g/mol. The van der Waals surface area contributed by atoms with E-state index >= 15 is 0 Å². The highest BCUT2D eigenvalue weighted by atomic mass is 14.7. The van der Waals surface area contributed by atoms with E-state index in [9.17, 15) is 0 Å². The van der Waals surface area contributed by atoms with Crippen molar-refractivity contribution < 1.29 is 0 Å². The zero-order chi connectivity index (χ0) is 9.26. The highest BCUT2D eigenvalue weighted by Crippen LogP contribution is 2.16. The molecule has 2 aromatic rings. The van der Waals surface area contributed by atoms with E-state index in [1.54, 1.807) is 0 Å². The molecule has 0 aliphatic heterocycles. The minimum absolute atomic E-state index is 0.809. The summed E-state index contributed by atoms with van der Waals surface area (Å²) in [6.07, 6.45) is 0.809. The normalized spacial score (nSPS) is 10.6. The molecule has 0 N–H and O–H groups in total. The van der Waals surface area contributed by atoms with Crippen LogP contribution in [0, 0.1) is 13.8 Å². The smallest absolute Gasteiger partial charge is 0.0705 e. The lowest BCUT2D eigenvalue weighted by Crippen LogP contribution is -1.91. The molecule has 0 aliphatic rings. The fraction of sp³-hybridized carbons (Fsp3) is 0.167. The Labute approximate surface area is 78.4 Å². The SMILES string of the molecule is [CH2]Cc1cc2ccccc2nc1C. The standard InChI is InChI=1S/C12H12N/c1-3-10-8-11-6-4-5-7-12(11)13-9(10)2/h4-8H,1,3H2,2H3. The Kier molecular flexibility index (Phi) is 2.01. The van der Waals surface area contributed by atoms with Crippen LogP contribution in [-0.2, 0) is 6.42 Å². The van der Waals surface area contributed by atoms with Crippen LogP contribution in [0.5, 0.6) is 0 Å². The van der Waals surface area contributed by atoms with Gasteiger partial charge in [-0.25, -0.2) is 0 Å². The second-order valence-electron chi connectivity index (χ2n) is 3.18. The second-order valence-corrected chi connectivity index (χ2v) is 3.18. The zero-order valence-electron chi connectivity index (χ0n) is 7.75. The fourth-order valence-corrected chi connectivity index (χ4v) is 1.51. The van der Waals surface area contributed by atoms with Gasteiger partial charge < -0.3 is 0 Å². The van der Waals surface area contributed by atoms with Gasteiger partial charge in [0.2, 0.25) is 0 Å². The largest absolute Gasteiger partial charge is 0.253 e. The van der Waals surface area contributed by atoms with Gasteiger partial charge in [0.15, 0.2) is 0 Å². The molecule has 0 saturated carbocycles. The number of fused-ring (bicyclic) bond motifs is 1. The minimum atomic E-state index is 0.809. The lowest BCUT2D eigenvalue weighted by atomic mass is 10.1. The molecule has 0 saturated heterocycles. The first kappa shape index (κ1) is 8.24. The Morgan fingerprint density at radius 1 is 1.31 bits per heavy atom. The van der Waals surface area contributed by atoms with E-state index in [0.29, 0.717) is 0 Å². The Bertz CT molecular complexity index is 432. The molecule has 1 heteroatoms. The van der Waals surface area contributed by atoms with Crippen LogP contribution in [0.2, 0.25) is 0 Å². The first-order valence-electron chi connectivity index (χ1n) is 4.46. The van der Waals surface area contributed by atoms with Gasteiger partial charge in [-0.1, -0.05) is 18.2 Å². The van der Waals surface area contributed by atoms with Crippen LogP contribution in [0.4, 0.5) is 0 Å². The van der Waals surface area contributed by atoms with Crippen molar-refractivity contribution in [1.82, 2.24) is 4.98 Å². The molecule has 1 aromatic carbocycles. The molecule has 0 aliphatic carbocycles. The van der Waals surface area contributed by atoms with Gasteiger partial charge in [0.25, 0.3) is 0 Å². The summed E-state index contributed by atoms with van der Waals surface area (Å²) in [6, 6.07) is 10.3. The Balaban J connectivity index is 2.74. The number of hydrogen-bond donors (Lipinski definition) is 0.